The van der Waals surface area contributed by atoms with E-state index >= 15 is 0 Å². The Morgan fingerprint density at radius 1 is 0.973 bits per heavy atom. The van der Waals surface area contributed by atoms with E-state index in [1.54, 1.807) is 23.1 Å². The molecule has 8 nitrogen and oxygen atoms in total. The molecule has 0 unspecified atom stereocenters. The average Bonchev–Trinajstić information content (AvgIpc) is 2.92. The van der Waals surface area contributed by atoms with Crippen LogP contribution in [0, 0.1) is 18.3 Å². The van der Waals surface area contributed by atoms with Gasteiger partial charge in [0.05, 0.1) is 22.8 Å². The number of carboxylic acids is 2. The number of hydrogen-bond acceptors (Lipinski definition) is 5. The summed E-state index contributed by atoms with van der Waals surface area (Å²) in [5, 5.41) is 28.2. The van der Waals surface area contributed by atoms with Gasteiger partial charge in [0, 0.05) is 25.2 Å². The van der Waals surface area contributed by atoms with E-state index in [4.69, 9.17) is 11.0 Å². The number of likely N-dealkylation sites (tertiary alicyclic amines) is 1. The van der Waals surface area contributed by atoms with E-state index in [-0.39, 0.29) is 29.1 Å². The molecular weight excluding hydrogens is 470 g/mol. The standard InChI is InChI=1S/C29H27N3O5/c1-17-24(28(34)35)13-23(14-25(17)29(36)37)26-12-21(6-7-22(26)16-31)27(33)32-10-8-20(9-11-32)19-4-2-18(15-30)3-5-19/h2-7,12-14,20H,8-11,16,31H2,1H3,(H,34,35)(H,36,37). The fourth-order valence-electron chi connectivity index (χ4n) is 4.90. The maximum absolute atomic E-state index is 13.4. The van der Waals surface area contributed by atoms with Crippen LogP contribution in [-0.4, -0.2) is 46.0 Å². The highest BCUT2D eigenvalue weighted by molar-refractivity contribution is 6.00. The van der Waals surface area contributed by atoms with Crippen molar-refractivity contribution >= 4 is 17.8 Å². The molecular formula is C29H27N3O5. The zero-order valence-corrected chi connectivity index (χ0v) is 20.4. The molecule has 1 saturated heterocycles. The molecule has 0 radical (unpaired) electrons. The number of nitriles is 1. The predicted molar refractivity (Wildman–Crippen MR) is 137 cm³/mol. The summed E-state index contributed by atoms with van der Waals surface area (Å²) in [6.45, 7) is 2.75. The number of carbonyl (C=O) groups is 3. The molecule has 1 fully saturated rings. The third-order valence-corrected chi connectivity index (χ3v) is 7.05. The van der Waals surface area contributed by atoms with Crippen LogP contribution < -0.4 is 5.73 Å². The van der Waals surface area contributed by atoms with Gasteiger partial charge >= 0.3 is 11.9 Å². The third-order valence-electron chi connectivity index (χ3n) is 7.05. The number of hydrogen-bond donors (Lipinski definition) is 3. The molecule has 1 aliphatic heterocycles. The molecule has 1 amide bonds. The first kappa shape index (κ1) is 25.6. The molecule has 0 aromatic heterocycles. The summed E-state index contributed by atoms with van der Waals surface area (Å²) in [5.74, 6) is -2.29. The van der Waals surface area contributed by atoms with Crippen LogP contribution in [0.15, 0.2) is 54.6 Å². The number of nitrogens with two attached hydrogens (primary N) is 1. The van der Waals surface area contributed by atoms with E-state index in [9.17, 15) is 24.6 Å². The van der Waals surface area contributed by atoms with Gasteiger partial charge in [-0.15, -0.1) is 0 Å². The van der Waals surface area contributed by atoms with Crippen molar-refractivity contribution in [2.45, 2.75) is 32.2 Å². The minimum absolute atomic E-state index is 0.112. The van der Waals surface area contributed by atoms with Gasteiger partial charge in [-0.25, -0.2) is 9.59 Å². The Morgan fingerprint density at radius 3 is 2.08 bits per heavy atom. The molecule has 0 saturated carbocycles. The van der Waals surface area contributed by atoms with Crippen LogP contribution in [-0.2, 0) is 6.54 Å². The van der Waals surface area contributed by atoms with Crippen LogP contribution in [0.3, 0.4) is 0 Å². The van der Waals surface area contributed by atoms with Crippen molar-refractivity contribution in [2.24, 2.45) is 5.73 Å². The van der Waals surface area contributed by atoms with Crippen LogP contribution in [0.1, 0.15) is 72.1 Å². The predicted octanol–water partition coefficient (Wildman–Crippen LogP) is 4.41. The molecule has 37 heavy (non-hydrogen) atoms. The van der Waals surface area contributed by atoms with Gasteiger partial charge in [-0.1, -0.05) is 18.2 Å². The summed E-state index contributed by atoms with van der Waals surface area (Å²) in [6.07, 6.45) is 1.60. The van der Waals surface area contributed by atoms with Gasteiger partial charge in [0.1, 0.15) is 0 Å². The molecule has 0 bridgehead atoms. The van der Waals surface area contributed by atoms with Crippen molar-refractivity contribution in [2.75, 3.05) is 13.1 Å². The molecule has 1 aliphatic rings. The Labute approximate surface area is 214 Å². The quantitative estimate of drug-likeness (QED) is 0.457. The van der Waals surface area contributed by atoms with Crippen molar-refractivity contribution < 1.29 is 24.6 Å². The number of nitrogens with zero attached hydrogens (tertiary/aromatic N) is 2. The zero-order chi connectivity index (χ0) is 26.7. The SMILES string of the molecule is Cc1c(C(=O)O)cc(-c2cc(C(=O)N3CCC(c4ccc(C#N)cc4)CC3)ccc2CN)cc1C(=O)O. The van der Waals surface area contributed by atoms with Gasteiger partial charge < -0.3 is 20.8 Å². The highest BCUT2D eigenvalue weighted by Gasteiger charge is 2.26. The fourth-order valence-corrected chi connectivity index (χ4v) is 4.90. The molecule has 0 atom stereocenters. The van der Waals surface area contributed by atoms with Gasteiger partial charge in [0.15, 0.2) is 0 Å². The lowest BCUT2D eigenvalue weighted by molar-refractivity contribution is 0.0689. The molecule has 8 heteroatoms. The molecule has 188 valence electrons. The molecule has 0 aliphatic carbocycles. The lowest BCUT2D eigenvalue weighted by Crippen LogP contribution is -2.38. The van der Waals surface area contributed by atoms with Gasteiger partial charge in [0.25, 0.3) is 5.91 Å². The second-order valence-electron chi connectivity index (χ2n) is 9.18. The number of carbonyl (C=O) groups excluding carboxylic acids is 1. The van der Waals surface area contributed by atoms with Gasteiger partial charge in [-0.05, 0) is 89.9 Å². The van der Waals surface area contributed by atoms with Crippen molar-refractivity contribution in [3.8, 4) is 17.2 Å². The maximum atomic E-state index is 13.4. The molecule has 0 spiro atoms. The van der Waals surface area contributed by atoms with Crippen LogP contribution in [0.25, 0.3) is 11.1 Å². The van der Waals surface area contributed by atoms with E-state index in [0.29, 0.717) is 46.8 Å². The number of amides is 1. The summed E-state index contributed by atoms with van der Waals surface area (Å²) in [7, 11) is 0. The number of aromatic carboxylic acids is 2. The Morgan fingerprint density at radius 2 is 1.57 bits per heavy atom. The first-order chi connectivity index (χ1) is 17.7. The Hall–Kier alpha value is -4.48. The summed E-state index contributed by atoms with van der Waals surface area (Å²) >= 11 is 0. The van der Waals surface area contributed by atoms with E-state index in [1.807, 2.05) is 24.3 Å². The van der Waals surface area contributed by atoms with Gasteiger partial charge in [0.2, 0.25) is 0 Å². The van der Waals surface area contributed by atoms with Crippen molar-refractivity contribution in [1.29, 1.82) is 5.26 Å². The smallest absolute Gasteiger partial charge is 0.335 e. The molecule has 4 N–H and O–H groups in total. The maximum Gasteiger partial charge on any atom is 0.335 e. The lowest BCUT2D eigenvalue weighted by atomic mass is 9.88. The van der Waals surface area contributed by atoms with Crippen LogP contribution in [0.2, 0.25) is 0 Å². The third kappa shape index (κ3) is 5.22. The normalized spacial score (nSPS) is 13.7. The molecule has 1 heterocycles. The van der Waals surface area contributed by atoms with Crippen molar-refractivity contribution in [3.63, 3.8) is 0 Å². The molecule has 4 rings (SSSR count). The Kier molecular flexibility index (Phi) is 7.37. The zero-order valence-electron chi connectivity index (χ0n) is 20.4. The van der Waals surface area contributed by atoms with Crippen molar-refractivity contribution in [3.05, 3.63) is 93.5 Å². The molecule has 3 aromatic carbocycles. The number of benzene rings is 3. The van der Waals surface area contributed by atoms with Gasteiger partial charge in [-0.2, -0.15) is 5.26 Å². The number of piperidine rings is 1. The number of rotatable bonds is 6. The minimum atomic E-state index is -1.23. The highest BCUT2D eigenvalue weighted by atomic mass is 16.4. The van der Waals surface area contributed by atoms with E-state index in [2.05, 4.69) is 6.07 Å². The van der Waals surface area contributed by atoms with E-state index in [0.717, 1.165) is 18.4 Å². The van der Waals surface area contributed by atoms with E-state index in [1.165, 1.54) is 19.1 Å². The first-order valence-electron chi connectivity index (χ1n) is 12.0. The first-order valence-corrected chi connectivity index (χ1v) is 12.0. The summed E-state index contributed by atoms with van der Waals surface area (Å²) in [5.41, 5.74) is 9.66. The Bertz CT molecular complexity index is 1380. The fraction of sp³-hybridized carbons (Fsp3) is 0.241. The Balaban J connectivity index is 1.61. The molecule has 3 aromatic rings. The topological polar surface area (TPSA) is 145 Å². The van der Waals surface area contributed by atoms with E-state index < -0.39 is 11.9 Å². The summed E-state index contributed by atoms with van der Waals surface area (Å²) in [4.78, 5) is 38.7. The average molecular weight is 498 g/mol. The van der Waals surface area contributed by atoms with Crippen LogP contribution in [0.5, 0.6) is 0 Å². The van der Waals surface area contributed by atoms with Crippen LogP contribution in [0.4, 0.5) is 0 Å². The summed E-state index contributed by atoms with van der Waals surface area (Å²) in [6, 6.07) is 17.6. The lowest BCUT2D eigenvalue weighted by Gasteiger charge is -2.32. The number of carboxylic acid groups (broad SMARTS) is 2. The van der Waals surface area contributed by atoms with Gasteiger partial charge in [-0.3, -0.25) is 4.79 Å². The second kappa shape index (κ2) is 10.6. The second-order valence-corrected chi connectivity index (χ2v) is 9.18. The monoisotopic (exact) mass is 497 g/mol. The largest absolute Gasteiger partial charge is 0.478 e. The highest BCUT2D eigenvalue weighted by Crippen LogP contribution is 2.32. The van der Waals surface area contributed by atoms with Crippen molar-refractivity contribution in [1.82, 2.24) is 4.90 Å². The summed E-state index contributed by atoms with van der Waals surface area (Å²) < 4.78 is 0. The van der Waals surface area contributed by atoms with Crippen LogP contribution >= 0.6 is 0 Å². The minimum Gasteiger partial charge on any atom is -0.478 e.